The smallest absolute Gasteiger partial charge is 0.0664 e. The third-order valence-corrected chi connectivity index (χ3v) is 5.01. The van der Waals surface area contributed by atoms with Gasteiger partial charge in [-0.3, -0.25) is 0 Å². The Morgan fingerprint density at radius 2 is 1.23 bits per heavy atom. The summed E-state index contributed by atoms with van der Waals surface area (Å²) in [6, 6.07) is 0.577. The highest BCUT2D eigenvalue weighted by Gasteiger charge is 2.06. The van der Waals surface area contributed by atoms with Gasteiger partial charge in [0.05, 0.1) is 6.10 Å². The number of unbranched alkanes of at least 4 members (excludes halogenated alkanes) is 11. The van der Waals surface area contributed by atoms with Crippen LogP contribution in [0.5, 0.6) is 0 Å². The van der Waals surface area contributed by atoms with Crippen LogP contribution in [0.3, 0.4) is 0 Å². The van der Waals surface area contributed by atoms with E-state index in [9.17, 15) is 5.11 Å². The van der Waals surface area contributed by atoms with E-state index in [1.165, 1.54) is 70.6 Å². The monoisotopic (exact) mass is 371 g/mol. The minimum absolute atomic E-state index is 0.189. The van der Waals surface area contributed by atoms with Crippen LogP contribution in [0.25, 0.3) is 0 Å². The molecule has 0 heterocycles. The van der Waals surface area contributed by atoms with Crippen LogP contribution in [-0.2, 0) is 0 Å². The van der Waals surface area contributed by atoms with E-state index in [1.807, 2.05) is 6.92 Å². The zero-order chi connectivity index (χ0) is 19.5. The third-order valence-electron chi connectivity index (χ3n) is 5.01. The van der Waals surface area contributed by atoms with Gasteiger partial charge >= 0.3 is 0 Å². The lowest BCUT2D eigenvalue weighted by Crippen LogP contribution is -2.43. The Balaban J connectivity index is 3.25. The highest BCUT2D eigenvalue weighted by molar-refractivity contribution is 4.69. The summed E-state index contributed by atoms with van der Waals surface area (Å²) in [5.41, 5.74) is 5.73. The quantitative estimate of drug-likeness (QED) is 0.240. The van der Waals surface area contributed by atoms with Crippen molar-refractivity contribution >= 4 is 0 Å². The molecule has 0 aliphatic heterocycles. The highest BCUT2D eigenvalue weighted by Crippen LogP contribution is 2.12. The average Bonchev–Trinajstić information content (AvgIpc) is 2.61. The van der Waals surface area contributed by atoms with Gasteiger partial charge in [0.2, 0.25) is 0 Å². The topological polar surface area (TPSA) is 70.3 Å². The van der Waals surface area contributed by atoms with Crippen LogP contribution in [0.15, 0.2) is 0 Å². The Morgan fingerprint density at radius 1 is 0.731 bits per heavy atom. The van der Waals surface area contributed by atoms with E-state index < -0.39 is 0 Å². The molecular weight excluding hydrogens is 322 g/mol. The maximum atomic E-state index is 10.0. The van der Waals surface area contributed by atoms with Crippen molar-refractivity contribution in [3.8, 4) is 0 Å². The van der Waals surface area contributed by atoms with E-state index in [0.717, 1.165) is 25.9 Å². The van der Waals surface area contributed by atoms with E-state index in [4.69, 9.17) is 5.73 Å². The number of hydrogen-bond acceptors (Lipinski definition) is 4. The molecule has 3 atom stereocenters. The van der Waals surface area contributed by atoms with Gasteiger partial charge in [0.15, 0.2) is 0 Å². The van der Waals surface area contributed by atoms with Gasteiger partial charge in [-0.1, -0.05) is 84.0 Å². The lowest BCUT2D eigenvalue weighted by molar-refractivity contribution is 0.157. The summed E-state index contributed by atoms with van der Waals surface area (Å²) in [5, 5.41) is 16.8. The molecule has 0 aromatic carbocycles. The van der Waals surface area contributed by atoms with Gasteiger partial charge in [-0.2, -0.15) is 0 Å². The van der Waals surface area contributed by atoms with Crippen LogP contribution in [-0.4, -0.2) is 42.9 Å². The van der Waals surface area contributed by atoms with Gasteiger partial charge in [0.1, 0.15) is 0 Å². The summed E-state index contributed by atoms with van der Waals surface area (Å²) < 4.78 is 0. The first-order chi connectivity index (χ1) is 12.6. The molecule has 0 bridgehead atoms. The number of aliphatic hydroxyl groups excluding tert-OH is 1. The molecule has 0 aromatic rings. The minimum Gasteiger partial charge on any atom is -0.392 e. The molecule has 158 valence electrons. The first-order valence-electron chi connectivity index (χ1n) is 11.4. The molecule has 0 saturated carbocycles. The molecule has 0 spiro atoms. The van der Waals surface area contributed by atoms with Gasteiger partial charge in [0.25, 0.3) is 0 Å². The highest BCUT2D eigenvalue weighted by atomic mass is 16.3. The summed E-state index contributed by atoms with van der Waals surface area (Å²) in [7, 11) is 0. The Kier molecular flexibility index (Phi) is 19.5. The predicted molar refractivity (Wildman–Crippen MR) is 116 cm³/mol. The van der Waals surface area contributed by atoms with Crippen molar-refractivity contribution in [3.05, 3.63) is 0 Å². The summed E-state index contributed by atoms with van der Waals surface area (Å²) >= 11 is 0. The molecule has 0 saturated heterocycles. The molecule has 0 amide bonds. The zero-order valence-corrected chi connectivity index (χ0v) is 18.1. The fourth-order valence-electron chi connectivity index (χ4n) is 3.25. The van der Waals surface area contributed by atoms with Gasteiger partial charge < -0.3 is 21.5 Å². The molecule has 26 heavy (non-hydrogen) atoms. The first-order valence-corrected chi connectivity index (χ1v) is 11.4. The van der Waals surface area contributed by atoms with Crippen molar-refractivity contribution in [2.45, 2.75) is 122 Å². The van der Waals surface area contributed by atoms with Crippen molar-refractivity contribution < 1.29 is 5.11 Å². The van der Waals surface area contributed by atoms with E-state index in [-0.39, 0.29) is 12.1 Å². The van der Waals surface area contributed by atoms with Crippen LogP contribution < -0.4 is 16.4 Å². The van der Waals surface area contributed by atoms with Crippen molar-refractivity contribution in [1.82, 2.24) is 10.6 Å². The maximum absolute atomic E-state index is 10.0. The number of aliphatic hydroxyl groups is 1. The lowest BCUT2D eigenvalue weighted by atomic mass is 10.0. The molecule has 0 fully saturated rings. The third kappa shape index (κ3) is 20.2. The Morgan fingerprint density at radius 3 is 1.73 bits per heavy atom. The van der Waals surface area contributed by atoms with E-state index in [1.54, 1.807) is 0 Å². The fourth-order valence-corrected chi connectivity index (χ4v) is 3.25. The molecule has 4 heteroatoms. The number of nitrogens with one attached hydrogen (secondary N) is 2. The molecule has 0 aromatic heterocycles. The second kappa shape index (κ2) is 19.6. The van der Waals surface area contributed by atoms with Gasteiger partial charge in [0, 0.05) is 31.7 Å². The summed E-state index contributed by atoms with van der Waals surface area (Å²) in [5.74, 6) is 0. The molecule has 5 N–H and O–H groups in total. The van der Waals surface area contributed by atoms with Crippen molar-refractivity contribution in [2.75, 3.05) is 19.6 Å². The predicted octanol–water partition coefficient (Wildman–Crippen LogP) is 4.35. The van der Waals surface area contributed by atoms with E-state index >= 15 is 0 Å². The second-order valence-corrected chi connectivity index (χ2v) is 8.28. The molecule has 3 unspecified atom stereocenters. The summed E-state index contributed by atoms with van der Waals surface area (Å²) in [6.07, 6.45) is 17.1. The maximum Gasteiger partial charge on any atom is 0.0664 e. The Bertz CT molecular complexity index is 274. The van der Waals surface area contributed by atoms with Gasteiger partial charge in [-0.25, -0.2) is 0 Å². The van der Waals surface area contributed by atoms with Gasteiger partial charge in [-0.15, -0.1) is 0 Å². The first kappa shape index (κ1) is 25.8. The SMILES string of the molecule is CCCCCCCCCCCCCCC(O)CNCC(C)NCC(C)N. The standard InChI is InChI=1S/C22H49N3O/c1-4-5-6-7-8-9-10-11-12-13-14-15-16-22(26)19-24-18-21(3)25-17-20(2)23/h20-22,24-26H,4-19,23H2,1-3H3. The minimum atomic E-state index is -0.209. The summed E-state index contributed by atoms with van der Waals surface area (Å²) in [4.78, 5) is 0. The molecule has 0 aliphatic rings. The van der Waals surface area contributed by atoms with Crippen molar-refractivity contribution in [3.63, 3.8) is 0 Å². The van der Waals surface area contributed by atoms with Crippen LogP contribution in [0, 0.1) is 0 Å². The average molecular weight is 372 g/mol. The van der Waals surface area contributed by atoms with Crippen LogP contribution >= 0.6 is 0 Å². The van der Waals surface area contributed by atoms with Crippen molar-refractivity contribution in [2.24, 2.45) is 5.73 Å². The van der Waals surface area contributed by atoms with Gasteiger partial charge in [-0.05, 0) is 20.3 Å². The number of rotatable bonds is 20. The molecule has 0 radical (unpaired) electrons. The summed E-state index contributed by atoms with van der Waals surface area (Å²) in [6.45, 7) is 8.84. The van der Waals surface area contributed by atoms with E-state index in [0.29, 0.717) is 12.6 Å². The van der Waals surface area contributed by atoms with Crippen LogP contribution in [0.4, 0.5) is 0 Å². The number of hydrogen-bond donors (Lipinski definition) is 4. The Labute approximate surface area is 164 Å². The number of nitrogens with two attached hydrogens (primary N) is 1. The zero-order valence-electron chi connectivity index (χ0n) is 18.1. The Hall–Kier alpha value is -0.160. The fraction of sp³-hybridized carbons (Fsp3) is 1.00. The van der Waals surface area contributed by atoms with Crippen LogP contribution in [0.1, 0.15) is 104 Å². The normalized spacial score (nSPS) is 15.1. The lowest BCUT2D eigenvalue weighted by Gasteiger charge is -2.18. The van der Waals surface area contributed by atoms with Crippen LogP contribution in [0.2, 0.25) is 0 Å². The van der Waals surface area contributed by atoms with E-state index in [2.05, 4.69) is 24.5 Å². The molecular formula is C22H49N3O. The molecule has 4 nitrogen and oxygen atoms in total. The largest absolute Gasteiger partial charge is 0.392 e. The molecule has 0 rings (SSSR count). The molecule has 0 aliphatic carbocycles. The second-order valence-electron chi connectivity index (χ2n) is 8.28. The van der Waals surface area contributed by atoms with Crippen molar-refractivity contribution in [1.29, 1.82) is 0 Å².